The van der Waals surface area contributed by atoms with Crippen molar-refractivity contribution >= 4 is 56.6 Å². The summed E-state index contributed by atoms with van der Waals surface area (Å²) < 4.78 is 27.0. The zero-order valence-corrected chi connectivity index (χ0v) is 23.4. The molecule has 7 nitrogen and oxygen atoms in total. The molecule has 35 heavy (non-hydrogen) atoms. The van der Waals surface area contributed by atoms with Crippen molar-refractivity contribution in [1.82, 2.24) is 14.5 Å². The van der Waals surface area contributed by atoms with Crippen molar-refractivity contribution in [1.29, 1.82) is 0 Å². The molecule has 192 valence electrons. The highest BCUT2D eigenvalue weighted by Gasteiger charge is 2.33. The lowest BCUT2D eigenvalue weighted by Crippen LogP contribution is -2.55. The summed E-state index contributed by atoms with van der Waals surface area (Å²) in [5.74, 6) is -0.872. The van der Waals surface area contributed by atoms with E-state index in [1.165, 1.54) is 36.2 Å². The summed E-state index contributed by atoms with van der Waals surface area (Å²) in [4.78, 5) is 27.9. The van der Waals surface area contributed by atoms with Gasteiger partial charge in [-0.1, -0.05) is 47.8 Å². The molecular formula is C24H30Cl3N3O4S. The fourth-order valence-corrected chi connectivity index (χ4v) is 4.93. The summed E-state index contributed by atoms with van der Waals surface area (Å²) in [6.45, 7) is 6.89. The van der Waals surface area contributed by atoms with Crippen LogP contribution in [-0.4, -0.2) is 54.6 Å². The van der Waals surface area contributed by atoms with Crippen LogP contribution in [0.1, 0.15) is 39.7 Å². The zero-order valence-electron chi connectivity index (χ0n) is 20.3. The molecule has 0 saturated heterocycles. The number of rotatable bonds is 9. The summed E-state index contributed by atoms with van der Waals surface area (Å²) in [6, 6.07) is 9.77. The molecule has 0 heterocycles. The lowest BCUT2D eigenvalue weighted by molar-refractivity contribution is -0.142. The fraction of sp³-hybridized carbons (Fsp3) is 0.417. The van der Waals surface area contributed by atoms with Gasteiger partial charge in [-0.15, -0.1) is 0 Å². The standard InChI is InChI=1S/C24H30Cl3N3O4S/c1-6-21(23(32)28-24(2,3)4)30(14-16-7-12-19(26)20(27)13-16)22(31)15-29(5)35(33,34)18-10-8-17(25)9-11-18/h7-13,21H,6,14-15H2,1-5H3,(H,28,32)/t21-/m1/s1. The van der Waals surface area contributed by atoms with Gasteiger partial charge in [-0.25, -0.2) is 8.42 Å². The largest absolute Gasteiger partial charge is 0.350 e. The van der Waals surface area contributed by atoms with E-state index in [1.807, 2.05) is 20.8 Å². The summed E-state index contributed by atoms with van der Waals surface area (Å²) in [7, 11) is -2.65. The Labute approximate surface area is 222 Å². The molecule has 11 heteroatoms. The fourth-order valence-electron chi connectivity index (χ4n) is 3.36. The molecule has 0 aromatic heterocycles. The van der Waals surface area contributed by atoms with Crippen LogP contribution >= 0.6 is 34.8 Å². The molecule has 1 atom stereocenters. The molecule has 0 aliphatic heterocycles. The Kier molecular flexibility index (Phi) is 10.0. The van der Waals surface area contributed by atoms with Gasteiger partial charge < -0.3 is 10.2 Å². The molecule has 0 fully saturated rings. The number of hydrogen-bond donors (Lipinski definition) is 1. The molecule has 0 aliphatic carbocycles. The van der Waals surface area contributed by atoms with Gasteiger partial charge in [-0.2, -0.15) is 4.31 Å². The normalized spacial score (nSPS) is 12.9. The van der Waals surface area contributed by atoms with E-state index in [0.717, 1.165) is 4.31 Å². The van der Waals surface area contributed by atoms with Gasteiger partial charge in [0.1, 0.15) is 6.04 Å². The van der Waals surface area contributed by atoms with Crippen molar-refractivity contribution in [2.24, 2.45) is 0 Å². The van der Waals surface area contributed by atoms with Crippen LogP contribution in [-0.2, 0) is 26.2 Å². The first kappa shape index (κ1) is 29.4. The molecule has 0 unspecified atom stereocenters. The smallest absolute Gasteiger partial charge is 0.243 e. The Morgan fingerprint density at radius 1 is 1.00 bits per heavy atom. The quantitative estimate of drug-likeness (QED) is 0.467. The minimum atomic E-state index is -3.96. The lowest BCUT2D eigenvalue weighted by Gasteiger charge is -2.34. The van der Waals surface area contributed by atoms with Gasteiger partial charge >= 0.3 is 0 Å². The molecule has 2 aromatic carbocycles. The highest BCUT2D eigenvalue weighted by molar-refractivity contribution is 7.89. The number of carbonyl (C=O) groups is 2. The highest BCUT2D eigenvalue weighted by Crippen LogP contribution is 2.25. The van der Waals surface area contributed by atoms with Gasteiger partial charge in [0.2, 0.25) is 21.8 Å². The Hall–Kier alpha value is -1.84. The molecular weight excluding hydrogens is 533 g/mol. The molecule has 0 saturated carbocycles. The highest BCUT2D eigenvalue weighted by atomic mass is 35.5. The van der Waals surface area contributed by atoms with Crippen LogP contribution in [0.3, 0.4) is 0 Å². The Bertz CT molecular complexity index is 1170. The Morgan fingerprint density at radius 2 is 1.60 bits per heavy atom. The molecule has 2 aromatic rings. The Balaban J connectivity index is 2.37. The molecule has 2 amide bonds. The van der Waals surface area contributed by atoms with Crippen LogP contribution in [0.15, 0.2) is 47.4 Å². The van der Waals surface area contributed by atoms with E-state index in [9.17, 15) is 18.0 Å². The average molecular weight is 563 g/mol. The first-order chi connectivity index (χ1) is 16.2. The summed E-state index contributed by atoms with van der Waals surface area (Å²) >= 11 is 18.0. The molecule has 1 N–H and O–H groups in total. The van der Waals surface area contributed by atoms with Gasteiger partial charge in [0, 0.05) is 24.2 Å². The first-order valence-corrected chi connectivity index (χ1v) is 13.5. The van der Waals surface area contributed by atoms with Gasteiger partial charge in [0.05, 0.1) is 21.5 Å². The second kappa shape index (κ2) is 11.9. The van der Waals surface area contributed by atoms with Crippen molar-refractivity contribution in [3.05, 3.63) is 63.1 Å². The van der Waals surface area contributed by atoms with E-state index < -0.39 is 34.1 Å². The summed E-state index contributed by atoms with van der Waals surface area (Å²) in [5.41, 5.74) is 0.135. The van der Waals surface area contributed by atoms with E-state index in [4.69, 9.17) is 34.8 Å². The number of sulfonamides is 1. The van der Waals surface area contributed by atoms with Crippen molar-refractivity contribution in [2.75, 3.05) is 13.6 Å². The van der Waals surface area contributed by atoms with E-state index in [0.29, 0.717) is 27.1 Å². The maximum atomic E-state index is 13.5. The maximum absolute atomic E-state index is 13.5. The Morgan fingerprint density at radius 3 is 2.11 bits per heavy atom. The van der Waals surface area contributed by atoms with E-state index in [-0.39, 0.29) is 17.3 Å². The number of nitrogens with zero attached hydrogens (tertiary/aromatic N) is 2. The van der Waals surface area contributed by atoms with E-state index >= 15 is 0 Å². The van der Waals surface area contributed by atoms with Crippen LogP contribution in [0.4, 0.5) is 0 Å². The predicted octanol–water partition coefficient (Wildman–Crippen LogP) is 4.99. The van der Waals surface area contributed by atoms with Gasteiger partial charge in [0.15, 0.2) is 0 Å². The topological polar surface area (TPSA) is 86.8 Å². The first-order valence-electron chi connectivity index (χ1n) is 10.9. The SMILES string of the molecule is CC[C@H](C(=O)NC(C)(C)C)N(Cc1ccc(Cl)c(Cl)c1)C(=O)CN(C)S(=O)(=O)c1ccc(Cl)cc1. The van der Waals surface area contributed by atoms with Crippen LogP contribution in [0.25, 0.3) is 0 Å². The average Bonchev–Trinajstić information content (AvgIpc) is 2.75. The second-order valence-electron chi connectivity index (χ2n) is 9.15. The van der Waals surface area contributed by atoms with E-state index in [2.05, 4.69) is 5.32 Å². The van der Waals surface area contributed by atoms with E-state index in [1.54, 1.807) is 25.1 Å². The second-order valence-corrected chi connectivity index (χ2v) is 12.4. The molecule has 0 radical (unpaired) electrons. The third-order valence-corrected chi connectivity index (χ3v) is 7.91. The molecule has 2 rings (SSSR count). The minimum absolute atomic E-state index is 0.00532. The van der Waals surface area contributed by atoms with Crippen LogP contribution in [0.5, 0.6) is 0 Å². The molecule has 0 spiro atoms. The number of carbonyl (C=O) groups excluding carboxylic acids is 2. The van der Waals surface area contributed by atoms with Gasteiger partial charge in [0.25, 0.3) is 0 Å². The molecule has 0 aliphatic rings. The number of hydrogen-bond acceptors (Lipinski definition) is 4. The molecule has 0 bridgehead atoms. The third kappa shape index (κ3) is 8.08. The summed E-state index contributed by atoms with van der Waals surface area (Å²) in [5, 5.41) is 3.97. The lowest BCUT2D eigenvalue weighted by atomic mass is 10.1. The summed E-state index contributed by atoms with van der Waals surface area (Å²) in [6.07, 6.45) is 0.322. The predicted molar refractivity (Wildman–Crippen MR) is 140 cm³/mol. The minimum Gasteiger partial charge on any atom is -0.350 e. The third-order valence-electron chi connectivity index (χ3n) is 5.10. The van der Waals surface area contributed by atoms with Crippen LogP contribution in [0.2, 0.25) is 15.1 Å². The zero-order chi connectivity index (χ0) is 26.6. The van der Waals surface area contributed by atoms with Crippen LogP contribution < -0.4 is 5.32 Å². The maximum Gasteiger partial charge on any atom is 0.243 e. The van der Waals surface area contributed by atoms with Gasteiger partial charge in [-0.05, 0) is 69.2 Å². The van der Waals surface area contributed by atoms with Crippen molar-refractivity contribution < 1.29 is 18.0 Å². The number of amides is 2. The van der Waals surface area contributed by atoms with Crippen molar-refractivity contribution in [2.45, 2.75) is 57.1 Å². The van der Waals surface area contributed by atoms with Crippen molar-refractivity contribution in [3.8, 4) is 0 Å². The van der Waals surface area contributed by atoms with Crippen LogP contribution in [0, 0.1) is 0 Å². The van der Waals surface area contributed by atoms with Crippen molar-refractivity contribution in [3.63, 3.8) is 0 Å². The number of nitrogens with one attached hydrogen (secondary N) is 1. The number of likely N-dealkylation sites (N-methyl/N-ethyl adjacent to an activating group) is 1. The monoisotopic (exact) mass is 561 g/mol. The van der Waals surface area contributed by atoms with Gasteiger partial charge in [-0.3, -0.25) is 9.59 Å². The number of benzene rings is 2. The number of halogens is 3.